The Morgan fingerprint density at radius 3 is 2.44 bits per heavy atom. The molecule has 0 amide bonds. The third-order valence-corrected chi connectivity index (χ3v) is 8.13. The fourth-order valence-electron chi connectivity index (χ4n) is 5.79. The van der Waals surface area contributed by atoms with Gasteiger partial charge in [-0.05, 0) is 75.9 Å². The highest BCUT2D eigenvalue weighted by Crippen LogP contribution is 2.57. The van der Waals surface area contributed by atoms with Gasteiger partial charge in [0.25, 0.3) is 0 Å². The van der Waals surface area contributed by atoms with E-state index in [2.05, 4.69) is 13.8 Å². The van der Waals surface area contributed by atoms with Gasteiger partial charge in [-0.2, -0.15) is 13.2 Å². The molecule has 0 bridgehead atoms. The molecular weight excluding hydrogens is 369 g/mol. The minimum Gasteiger partial charge on any atom is -0.404 e. The summed E-state index contributed by atoms with van der Waals surface area (Å²) in [6.45, 7) is 11.0. The molecule has 2 nitrogen and oxygen atoms in total. The van der Waals surface area contributed by atoms with E-state index in [1.54, 1.807) is 19.6 Å². The highest BCUT2D eigenvalue weighted by Gasteiger charge is 2.54. The fraction of sp³-hybridized carbons (Fsp3) is 0.952. The van der Waals surface area contributed by atoms with Crippen molar-refractivity contribution in [3.8, 4) is 0 Å². The van der Waals surface area contributed by atoms with E-state index in [1.165, 1.54) is 6.92 Å². The van der Waals surface area contributed by atoms with Crippen LogP contribution in [0.2, 0.25) is 19.6 Å². The summed E-state index contributed by atoms with van der Waals surface area (Å²) in [5.41, 5.74) is -2.00. The van der Waals surface area contributed by atoms with Gasteiger partial charge in [-0.1, -0.05) is 26.7 Å². The van der Waals surface area contributed by atoms with Crippen LogP contribution in [0.15, 0.2) is 0 Å². The molecule has 0 N–H and O–H groups in total. The van der Waals surface area contributed by atoms with Crippen molar-refractivity contribution in [2.24, 2.45) is 23.2 Å². The van der Waals surface area contributed by atoms with Gasteiger partial charge in [0.05, 0.1) is 0 Å². The number of rotatable bonds is 7. The average molecular weight is 407 g/mol. The summed E-state index contributed by atoms with van der Waals surface area (Å²) >= 11 is 0. The molecule has 0 aromatic heterocycles. The number of Topliss-reactive ketones (excluding diaryl/α,β-unsaturated/α-hetero) is 1. The summed E-state index contributed by atoms with van der Waals surface area (Å²) in [7, 11) is -2.31. The molecule has 0 aromatic carbocycles. The largest absolute Gasteiger partial charge is 0.416 e. The van der Waals surface area contributed by atoms with Crippen molar-refractivity contribution in [2.75, 3.05) is 0 Å². The zero-order chi connectivity index (χ0) is 20.7. The van der Waals surface area contributed by atoms with Crippen molar-refractivity contribution in [1.29, 1.82) is 0 Å². The van der Waals surface area contributed by atoms with E-state index in [0.29, 0.717) is 30.5 Å². The van der Waals surface area contributed by atoms with Crippen LogP contribution in [0.3, 0.4) is 0 Å². The summed E-state index contributed by atoms with van der Waals surface area (Å²) in [5, 5.41) is 0. The zero-order valence-electron chi connectivity index (χ0n) is 17.8. The van der Waals surface area contributed by atoms with E-state index >= 15 is 0 Å². The summed E-state index contributed by atoms with van der Waals surface area (Å²) in [6.07, 6.45) is 1.68. The molecule has 2 saturated carbocycles. The van der Waals surface area contributed by atoms with Gasteiger partial charge in [-0.15, -0.1) is 0 Å². The molecule has 2 aliphatic rings. The Morgan fingerprint density at radius 1 is 1.26 bits per heavy atom. The molecule has 2 fully saturated rings. The molecule has 158 valence electrons. The molecular formula is C21H37F3O2Si. The van der Waals surface area contributed by atoms with E-state index in [4.69, 9.17) is 4.43 Å². The molecule has 0 saturated heterocycles. The molecule has 2 aliphatic carbocycles. The Bertz CT molecular complexity index is 543. The van der Waals surface area contributed by atoms with E-state index in [9.17, 15) is 18.0 Å². The number of fused-ring (bicyclic) bond motifs is 1. The van der Waals surface area contributed by atoms with Crippen LogP contribution in [-0.4, -0.2) is 25.9 Å². The van der Waals surface area contributed by atoms with Gasteiger partial charge in [0.2, 0.25) is 0 Å². The Morgan fingerprint density at radius 2 is 1.89 bits per heavy atom. The lowest BCUT2D eigenvalue weighted by atomic mass is 9.62. The SMILES string of the molecule is CC(CCC[C@](C)(O[Si](C)(C)C)C(F)(F)F)[C@H]1CC[C@H]2C(=O)CCC[C@]12C. The predicted octanol–water partition coefficient (Wildman–Crippen LogP) is 6.75. The first-order valence-electron chi connectivity index (χ1n) is 10.5. The maximum absolute atomic E-state index is 13.6. The summed E-state index contributed by atoms with van der Waals surface area (Å²) in [5.74, 6) is 1.37. The first kappa shape index (κ1) is 22.9. The first-order chi connectivity index (χ1) is 12.2. The minimum atomic E-state index is -4.35. The van der Waals surface area contributed by atoms with Crippen molar-refractivity contribution >= 4 is 14.1 Å². The van der Waals surface area contributed by atoms with Gasteiger partial charge in [0.1, 0.15) is 11.4 Å². The number of carbonyl (C=O) groups is 1. The summed E-state index contributed by atoms with van der Waals surface area (Å²) in [6, 6.07) is 0. The van der Waals surface area contributed by atoms with Gasteiger partial charge < -0.3 is 4.43 Å². The Balaban J connectivity index is 1.98. The second kappa shape index (κ2) is 7.81. The van der Waals surface area contributed by atoms with Gasteiger partial charge in [-0.3, -0.25) is 4.79 Å². The van der Waals surface area contributed by atoms with Crippen LogP contribution in [0.4, 0.5) is 13.2 Å². The second-order valence-electron chi connectivity index (χ2n) is 10.4. The van der Waals surface area contributed by atoms with Crippen LogP contribution >= 0.6 is 0 Å². The van der Waals surface area contributed by atoms with E-state index in [0.717, 1.165) is 32.1 Å². The quantitative estimate of drug-likeness (QED) is 0.437. The Hall–Kier alpha value is -0.363. The van der Waals surface area contributed by atoms with E-state index in [-0.39, 0.29) is 17.8 Å². The predicted molar refractivity (Wildman–Crippen MR) is 105 cm³/mol. The van der Waals surface area contributed by atoms with Crippen LogP contribution in [0.5, 0.6) is 0 Å². The van der Waals surface area contributed by atoms with Gasteiger partial charge in [0, 0.05) is 12.3 Å². The maximum atomic E-state index is 13.6. The number of hydrogen-bond donors (Lipinski definition) is 0. The molecule has 6 heteroatoms. The summed E-state index contributed by atoms with van der Waals surface area (Å²) in [4.78, 5) is 12.3. The average Bonchev–Trinajstić information content (AvgIpc) is 2.82. The van der Waals surface area contributed by atoms with E-state index < -0.39 is 20.1 Å². The number of carbonyl (C=O) groups excluding carboxylic acids is 1. The lowest BCUT2D eigenvalue weighted by molar-refractivity contribution is -0.247. The number of ketones is 1. The van der Waals surface area contributed by atoms with Crippen molar-refractivity contribution in [2.45, 2.75) is 104 Å². The smallest absolute Gasteiger partial charge is 0.404 e. The van der Waals surface area contributed by atoms with E-state index in [1.807, 2.05) is 0 Å². The standard InChI is InChI=1S/C21H37F3O2Si/c1-15(16-11-12-17-18(25)10-8-13-19(16,17)2)9-7-14-20(3,21(22,23)24)26-27(4,5)6/h15-17H,7-14H2,1-6H3/t15?,16-,17+,19-,20+/m1/s1. The number of alkyl halides is 3. The van der Waals surface area contributed by atoms with Crippen molar-refractivity contribution < 1.29 is 22.4 Å². The zero-order valence-corrected chi connectivity index (χ0v) is 18.8. The molecule has 0 heterocycles. The lowest BCUT2D eigenvalue weighted by Gasteiger charge is -2.42. The molecule has 27 heavy (non-hydrogen) atoms. The number of halogens is 3. The van der Waals surface area contributed by atoms with Crippen LogP contribution < -0.4 is 0 Å². The van der Waals surface area contributed by atoms with Crippen LogP contribution in [0.25, 0.3) is 0 Å². The number of hydrogen-bond acceptors (Lipinski definition) is 2. The topological polar surface area (TPSA) is 26.3 Å². The molecule has 0 aromatic rings. The molecule has 0 spiro atoms. The fourth-order valence-corrected chi connectivity index (χ4v) is 7.36. The Kier molecular flexibility index (Phi) is 6.63. The first-order valence-corrected chi connectivity index (χ1v) is 13.9. The normalized spacial score (nSPS) is 32.9. The van der Waals surface area contributed by atoms with Crippen molar-refractivity contribution in [3.05, 3.63) is 0 Å². The third-order valence-electron chi connectivity index (χ3n) is 7.07. The molecule has 0 aliphatic heterocycles. The molecule has 2 rings (SSSR count). The van der Waals surface area contributed by atoms with Crippen LogP contribution in [-0.2, 0) is 9.22 Å². The molecule has 5 atom stereocenters. The maximum Gasteiger partial charge on any atom is 0.416 e. The van der Waals surface area contributed by atoms with Crippen molar-refractivity contribution in [3.63, 3.8) is 0 Å². The Labute approximate surface area is 163 Å². The van der Waals surface area contributed by atoms with Crippen molar-refractivity contribution in [1.82, 2.24) is 0 Å². The molecule has 1 unspecified atom stereocenters. The van der Waals surface area contributed by atoms with Gasteiger partial charge in [-0.25, -0.2) is 0 Å². The lowest BCUT2D eigenvalue weighted by Crippen LogP contribution is -2.51. The van der Waals surface area contributed by atoms with Crippen LogP contribution in [0, 0.1) is 23.2 Å². The van der Waals surface area contributed by atoms with Gasteiger partial charge >= 0.3 is 6.18 Å². The second-order valence-corrected chi connectivity index (χ2v) is 14.8. The third kappa shape index (κ3) is 4.98. The highest BCUT2D eigenvalue weighted by molar-refractivity contribution is 6.69. The summed E-state index contributed by atoms with van der Waals surface area (Å²) < 4.78 is 46.5. The monoisotopic (exact) mass is 406 g/mol. The van der Waals surface area contributed by atoms with Gasteiger partial charge in [0.15, 0.2) is 8.32 Å². The van der Waals surface area contributed by atoms with Crippen LogP contribution in [0.1, 0.15) is 72.1 Å². The minimum absolute atomic E-state index is 0.0108. The molecule has 0 radical (unpaired) electrons. The highest BCUT2D eigenvalue weighted by atomic mass is 28.4.